The van der Waals surface area contributed by atoms with E-state index in [0.717, 1.165) is 12.1 Å². The summed E-state index contributed by atoms with van der Waals surface area (Å²) in [5.74, 6) is 1.69. The highest BCUT2D eigenvalue weighted by molar-refractivity contribution is 5.34. The molecule has 0 heterocycles. The molecule has 0 aliphatic carbocycles. The molecule has 1 aromatic rings. The molecule has 0 aliphatic rings. The lowest BCUT2D eigenvalue weighted by atomic mass is 10.1. The summed E-state index contributed by atoms with van der Waals surface area (Å²) < 4.78 is 13.3. The monoisotopic (exact) mass is 236 g/mol. The van der Waals surface area contributed by atoms with Gasteiger partial charge in [0.25, 0.3) is 0 Å². The Morgan fingerprint density at radius 3 is 2.88 bits per heavy atom. The number of nitro benzene ring substituents is 1. The van der Waals surface area contributed by atoms with Crippen molar-refractivity contribution in [2.75, 3.05) is 0 Å². The van der Waals surface area contributed by atoms with Gasteiger partial charge in [-0.05, 0) is 18.6 Å². The van der Waals surface area contributed by atoms with E-state index in [0.29, 0.717) is 18.5 Å². The van der Waals surface area contributed by atoms with E-state index >= 15 is 0 Å². The number of hydrogen-bond donors (Lipinski definition) is 1. The molecule has 0 aliphatic heterocycles. The maximum atomic E-state index is 13.3. The molecule has 0 radical (unpaired) electrons. The van der Waals surface area contributed by atoms with Gasteiger partial charge < -0.3 is 5.32 Å². The molecule has 1 rings (SSSR count). The molecule has 0 saturated carbocycles. The second-order valence-corrected chi connectivity index (χ2v) is 3.73. The van der Waals surface area contributed by atoms with E-state index in [1.165, 1.54) is 6.07 Å². The second kappa shape index (κ2) is 5.97. The topological polar surface area (TPSA) is 55.2 Å². The van der Waals surface area contributed by atoms with Gasteiger partial charge >= 0.3 is 5.69 Å². The standard InChI is InChI=1S/C12H13FN2O2/c1-3-4-9(2)14-8-10-5-6-12(15(16)17)11(13)7-10/h1,5-7,9,14H,4,8H2,2H3. The Morgan fingerprint density at radius 1 is 1.65 bits per heavy atom. The van der Waals surface area contributed by atoms with Crippen LogP contribution in [0, 0.1) is 28.3 Å². The molecule has 0 fully saturated rings. The summed E-state index contributed by atoms with van der Waals surface area (Å²) in [7, 11) is 0. The molecule has 17 heavy (non-hydrogen) atoms. The SMILES string of the molecule is C#CCC(C)NCc1ccc([N+](=O)[O-])c(F)c1. The van der Waals surface area contributed by atoms with Crippen molar-refractivity contribution in [3.63, 3.8) is 0 Å². The summed E-state index contributed by atoms with van der Waals surface area (Å²) in [6.07, 6.45) is 5.73. The summed E-state index contributed by atoms with van der Waals surface area (Å²) in [5, 5.41) is 13.5. The molecule has 1 N–H and O–H groups in total. The van der Waals surface area contributed by atoms with E-state index in [4.69, 9.17) is 6.42 Å². The van der Waals surface area contributed by atoms with Gasteiger partial charge in [0.1, 0.15) is 0 Å². The van der Waals surface area contributed by atoms with E-state index < -0.39 is 16.4 Å². The Morgan fingerprint density at radius 2 is 2.35 bits per heavy atom. The number of nitrogens with zero attached hydrogens (tertiary/aromatic N) is 1. The zero-order valence-corrected chi connectivity index (χ0v) is 9.44. The van der Waals surface area contributed by atoms with Gasteiger partial charge in [0, 0.05) is 25.1 Å². The van der Waals surface area contributed by atoms with Crippen LogP contribution in [-0.4, -0.2) is 11.0 Å². The van der Waals surface area contributed by atoms with Crippen LogP contribution in [0.1, 0.15) is 18.9 Å². The highest BCUT2D eigenvalue weighted by Gasteiger charge is 2.13. The molecule has 4 nitrogen and oxygen atoms in total. The van der Waals surface area contributed by atoms with Crippen LogP contribution in [0.25, 0.3) is 0 Å². The van der Waals surface area contributed by atoms with Crippen LogP contribution in [0.15, 0.2) is 18.2 Å². The fourth-order valence-corrected chi connectivity index (χ4v) is 1.35. The van der Waals surface area contributed by atoms with Gasteiger partial charge in [-0.25, -0.2) is 0 Å². The van der Waals surface area contributed by atoms with Gasteiger partial charge in [-0.15, -0.1) is 12.3 Å². The van der Waals surface area contributed by atoms with Crippen molar-refractivity contribution in [1.82, 2.24) is 5.32 Å². The predicted molar refractivity (Wildman–Crippen MR) is 62.8 cm³/mol. The summed E-state index contributed by atoms with van der Waals surface area (Å²) >= 11 is 0. The molecule has 0 spiro atoms. The quantitative estimate of drug-likeness (QED) is 0.484. The van der Waals surface area contributed by atoms with E-state index in [9.17, 15) is 14.5 Å². The Kier molecular flexibility index (Phi) is 4.61. The Labute approximate surface area is 99.0 Å². The minimum Gasteiger partial charge on any atom is -0.309 e. The Bertz CT molecular complexity index is 454. The number of nitro groups is 1. The van der Waals surface area contributed by atoms with Crippen molar-refractivity contribution in [2.24, 2.45) is 0 Å². The molecule has 90 valence electrons. The van der Waals surface area contributed by atoms with Crippen molar-refractivity contribution < 1.29 is 9.31 Å². The average Bonchev–Trinajstić information content (AvgIpc) is 2.26. The van der Waals surface area contributed by atoms with Crippen molar-refractivity contribution in [1.29, 1.82) is 0 Å². The van der Waals surface area contributed by atoms with Crippen molar-refractivity contribution in [3.8, 4) is 12.3 Å². The van der Waals surface area contributed by atoms with Gasteiger partial charge in [0.2, 0.25) is 5.82 Å². The number of terminal acetylenes is 1. The third-order valence-electron chi connectivity index (χ3n) is 2.29. The fourth-order valence-electron chi connectivity index (χ4n) is 1.35. The number of hydrogen-bond acceptors (Lipinski definition) is 3. The molecule has 5 heteroatoms. The van der Waals surface area contributed by atoms with E-state index in [1.54, 1.807) is 0 Å². The first kappa shape index (κ1) is 13.1. The first-order valence-corrected chi connectivity index (χ1v) is 5.14. The fraction of sp³-hybridized carbons (Fsp3) is 0.333. The third-order valence-corrected chi connectivity index (χ3v) is 2.29. The van der Waals surface area contributed by atoms with Crippen molar-refractivity contribution in [2.45, 2.75) is 25.9 Å². The lowest BCUT2D eigenvalue weighted by Gasteiger charge is -2.10. The zero-order chi connectivity index (χ0) is 12.8. The predicted octanol–water partition coefficient (Wildman–Crippen LogP) is 2.24. The molecule has 1 atom stereocenters. The molecule has 0 saturated heterocycles. The van der Waals surface area contributed by atoms with E-state index in [-0.39, 0.29) is 6.04 Å². The van der Waals surface area contributed by atoms with Gasteiger partial charge in [-0.1, -0.05) is 6.07 Å². The van der Waals surface area contributed by atoms with Crippen LogP contribution < -0.4 is 5.32 Å². The largest absolute Gasteiger partial charge is 0.309 e. The minimum atomic E-state index is -0.820. The molecular weight excluding hydrogens is 223 g/mol. The summed E-state index contributed by atoms with van der Waals surface area (Å²) in [6, 6.07) is 3.97. The molecule has 0 amide bonds. The molecule has 1 unspecified atom stereocenters. The minimum absolute atomic E-state index is 0.123. The van der Waals surface area contributed by atoms with Crippen LogP contribution in [-0.2, 0) is 6.54 Å². The summed E-state index contributed by atoms with van der Waals surface area (Å²) in [5.41, 5.74) is 0.141. The first-order valence-electron chi connectivity index (χ1n) is 5.14. The normalized spacial score (nSPS) is 11.8. The highest BCUT2D eigenvalue weighted by Crippen LogP contribution is 2.17. The maximum Gasteiger partial charge on any atom is 0.304 e. The molecule has 0 aromatic heterocycles. The van der Waals surface area contributed by atoms with Crippen LogP contribution >= 0.6 is 0 Å². The lowest BCUT2D eigenvalue weighted by molar-refractivity contribution is -0.387. The van der Waals surface area contributed by atoms with Crippen LogP contribution in [0.3, 0.4) is 0 Å². The van der Waals surface area contributed by atoms with Crippen LogP contribution in [0.4, 0.5) is 10.1 Å². The van der Waals surface area contributed by atoms with Gasteiger partial charge in [0.15, 0.2) is 0 Å². The average molecular weight is 236 g/mol. The Hall–Kier alpha value is -1.93. The van der Waals surface area contributed by atoms with E-state index in [2.05, 4.69) is 11.2 Å². The third kappa shape index (κ3) is 3.85. The Balaban J connectivity index is 2.65. The molecule has 1 aromatic carbocycles. The highest BCUT2D eigenvalue weighted by atomic mass is 19.1. The number of rotatable bonds is 5. The van der Waals surface area contributed by atoms with Gasteiger partial charge in [-0.2, -0.15) is 4.39 Å². The lowest BCUT2D eigenvalue weighted by Crippen LogP contribution is -2.24. The van der Waals surface area contributed by atoms with Crippen molar-refractivity contribution in [3.05, 3.63) is 39.7 Å². The smallest absolute Gasteiger partial charge is 0.304 e. The van der Waals surface area contributed by atoms with Gasteiger partial charge in [-0.3, -0.25) is 10.1 Å². The molecular formula is C12H13FN2O2. The first-order chi connectivity index (χ1) is 8.04. The summed E-state index contributed by atoms with van der Waals surface area (Å²) in [6.45, 7) is 2.35. The van der Waals surface area contributed by atoms with Crippen LogP contribution in [0.2, 0.25) is 0 Å². The number of nitrogens with one attached hydrogen (secondary N) is 1. The number of halogens is 1. The zero-order valence-electron chi connectivity index (χ0n) is 9.44. The summed E-state index contributed by atoms with van der Waals surface area (Å²) in [4.78, 5) is 9.67. The van der Waals surface area contributed by atoms with Crippen molar-refractivity contribution >= 4 is 5.69 Å². The molecule has 0 bridgehead atoms. The second-order valence-electron chi connectivity index (χ2n) is 3.73. The maximum absolute atomic E-state index is 13.3. The van der Waals surface area contributed by atoms with Gasteiger partial charge in [0.05, 0.1) is 4.92 Å². The number of benzene rings is 1. The van der Waals surface area contributed by atoms with E-state index in [1.807, 2.05) is 6.92 Å². The van der Waals surface area contributed by atoms with Crippen LogP contribution in [0.5, 0.6) is 0 Å².